The molecule has 0 aliphatic heterocycles. The van der Waals surface area contributed by atoms with Gasteiger partial charge in [-0.15, -0.1) is 0 Å². The van der Waals surface area contributed by atoms with Crippen LogP contribution >= 0.6 is 0 Å². The maximum absolute atomic E-state index is 12.9. The largest absolute Gasteiger partial charge is 0.493 e. The van der Waals surface area contributed by atoms with Gasteiger partial charge in [0.15, 0.2) is 17.3 Å². The van der Waals surface area contributed by atoms with Gasteiger partial charge in [0, 0.05) is 11.6 Å². The lowest BCUT2D eigenvalue weighted by Crippen LogP contribution is -2.34. The lowest BCUT2D eigenvalue weighted by atomic mass is 9.85. The van der Waals surface area contributed by atoms with Gasteiger partial charge >= 0.3 is 5.97 Å². The molecule has 182 valence electrons. The fourth-order valence-corrected chi connectivity index (χ4v) is 5.24. The monoisotopic (exact) mass is 487 g/mol. The molecule has 34 heavy (non-hydrogen) atoms. The second-order valence-corrected chi connectivity index (χ2v) is 9.65. The Morgan fingerprint density at radius 2 is 1.71 bits per heavy atom. The number of carbonyl (C=O) groups is 2. The minimum atomic E-state index is -3.82. The molecule has 0 saturated carbocycles. The second kappa shape index (κ2) is 10.8. The maximum atomic E-state index is 12.9. The molecule has 0 spiro atoms. The number of Topliss-reactive ketones (excluding diaryl/α,β-unsaturated/α-hetero) is 1. The van der Waals surface area contributed by atoms with E-state index in [-0.39, 0.29) is 23.2 Å². The Bertz CT molecular complexity index is 1170. The molecule has 1 aliphatic rings. The Morgan fingerprint density at radius 3 is 2.29 bits per heavy atom. The lowest BCUT2D eigenvalue weighted by molar-refractivity contribution is -0.146. The van der Waals surface area contributed by atoms with Gasteiger partial charge < -0.3 is 14.2 Å². The first-order valence-corrected chi connectivity index (χ1v) is 12.4. The maximum Gasteiger partial charge on any atom is 0.314 e. The summed E-state index contributed by atoms with van der Waals surface area (Å²) in [6, 6.07) is 10.5. The van der Waals surface area contributed by atoms with Crippen LogP contribution in [0.5, 0.6) is 11.5 Å². The van der Waals surface area contributed by atoms with Crippen molar-refractivity contribution in [2.45, 2.75) is 37.1 Å². The molecule has 3 atom stereocenters. The first kappa shape index (κ1) is 25.5. The van der Waals surface area contributed by atoms with E-state index in [0.717, 1.165) is 0 Å². The van der Waals surface area contributed by atoms with Gasteiger partial charge in [0.2, 0.25) is 10.0 Å². The molecule has 8 nitrogen and oxygen atoms in total. The molecule has 1 aliphatic carbocycles. The zero-order valence-electron chi connectivity index (χ0n) is 19.6. The molecule has 0 fully saturated rings. The van der Waals surface area contributed by atoms with Crippen molar-refractivity contribution in [3.63, 3.8) is 0 Å². The van der Waals surface area contributed by atoms with Gasteiger partial charge in [-0.05, 0) is 56.0 Å². The standard InChI is InChI=1S/C25H29NO7S/c1-5-33-25(28)24(19-9-13-22(31-3)23(15-19)32-4)18-6-10-20(14-18)26-34(29,30)21-11-7-17(8-12-21)16(2)27/h6-13,15,18,20,24,26H,5,14H2,1-4H3/t18-,20+,24-/m0/s1. The van der Waals surface area contributed by atoms with Crippen molar-refractivity contribution < 1.29 is 32.2 Å². The average Bonchev–Trinajstić information content (AvgIpc) is 3.26. The summed E-state index contributed by atoms with van der Waals surface area (Å²) in [4.78, 5) is 24.4. The summed E-state index contributed by atoms with van der Waals surface area (Å²) < 4.78 is 44.4. The van der Waals surface area contributed by atoms with Gasteiger partial charge in [-0.1, -0.05) is 30.4 Å². The molecule has 2 aromatic carbocycles. The number of sulfonamides is 1. The van der Waals surface area contributed by atoms with Crippen molar-refractivity contribution in [1.29, 1.82) is 0 Å². The predicted octanol–water partition coefficient (Wildman–Crippen LogP) is 3.48. The molecule has 0 heterocycles. The van der Waals surface area contributed by atoms with Crippen LogP contribution in [0, 0.1) is 5.92 Å². The third-order valence-electron chi connectivity index (χ3n) is 5.73. The molecule has 0 radical (unpaired) electrons. The van der Waals surface area contributed by atoms with Crippen molar-refractivity contribution in [2.75, 3.05) is 20.8 Å². The quantitative estimate of drug-likeness (QED) is 0.311. The van der Waals surface area contributed by atoms with E-state index in [1.165, 1.54) is 45.4 Å². The molecular formula is C25H29NO7S. The normalized spacial score (nSPS) is 18.4. The topological polar surface area (TPSA) is 108 Å². The number of hydrogen-bond donors (Lipinski definition) is 1. The van der Waals surface area contributed by atoms with Crippen LogP contribution < -0.4 is 14.2 Å². The number of esters is 1. The summed E-state index contributed by atoms with van der Waals surface area (Å²) in [6.07, 6.45) is 3.96. The van der Waals surface area contributed by atoms with Gasteiger partial charge in [0.05, 0.1) is 31.6 Å². The number of benzene rings is 2. The van der Waals surface area contributed by atoms with Crippen LogP contribution in [-0.4, -0.2) is 47.0 Å². The van der Waals surface area contributed by atoms with E-state index in [1.807, 2.05) is 6.08 Å². The summed E-state index contributed by atoms with van der Waals surface area (Å²) in [7, 11) is -0.765. The molecule has 0 unspecified atom stereocenters. The molecule has 1 N–H and O–H groups in total. The number of carbonyl (C=O) groups excluding carboxylic acids is 2. The number of ether oxygens (including phenoxy) is 3. The Balaban J connectivity index is 1.80. The fraction of sp³-hybridized carbons (Fsp3) is 0.360. The second-order valence-electron chi connectivity index (χ2n) is 7.94. The minimum Gasteiger partial charge on any atom is -0.493 e. The number of rotatable bonds is 10. The van der Waals surface area contributed by atoms with Crippen LogP contribution in [0.2, 0.25) is 0 Å². The van der Waals surface area contributed by atoms with Gasteiger partial charge in [-0.25, -0.2) is 13.1 Å². The molecular weight excluding hydrogens is 458 g/mol. The summed E-state index contributed by atoms with van der Waals surface area (Å²) in [6.45, 7) is 3.39. The van der Waals surface area contributed by atoms with E-state index in [1.54, 1.807) is 31.2 Å². The lowest BCUT2D eigenvalue weighted by Gasteiger charge is -2.23. The highest BCUT2D eigenvalue weighted by atomic mass is 32.2. The highest BCUT2D eigenvalue weighted by molar-refractivity contribution is 7.89. The van der Waals surface area contributed by atoms with Crippen LogP contribution in [0.25, 0.3) is 0 Å². The number of nitrogens with one attached hydrogen (secondary N) is 1. The van der Waals surface area contributed by atoms with Crippen LogP contribution in [0.1, 0.15) is 42.1 Å². The molecule has 0 amide bonds. The Hall–Kier alpha value is -3.17. The smallest absolute Gasteiger partial charge is 0.314 e. The number of methoxy groups -OCH3 is 2. The van der Waals surface area contributed by atoms with Crippen LogP contribution in [0.3, 0.4) is 0 Å². The van der Waals surface area contributed by atoms with Crippen molar-refractivity contribution in [1.82, 2.24) is 4.72 Å². The predicted molar refractivity (Wildman–Crippen MR) is 127 cm³/mol. The molecule has 2 aromatic rings. The molecule has 9 heteroatoms. The average molecular weight is 488 g/mol. The van der Waals surface area contributed by atoms with Crippen molar-refractivity contribution in [3.8, 4) is 11.5 Å². The summed E-state index contributed by atoms with van der Waals surface area (Å²) in [5, 5.41) is 0. The molecule has 3 rings (SSSR count). The van der Waals surface area contributed by atoms with Crippen molar-refractivity contribution in [3.05, 3.63) is 65.7 Å². The Morgan fingerprint density at radius 1 is 1.03 bits per heavy atom. The van der Waals surface area contributed by atoms with Crippen molar-refractivity contribution in [2.24, 2.45) is 5.92 Å². The van der Waals surface area contributed by atoms with E-state index in [0.29, 0.717) is 29.0 Å². The van der Waals surface area contributed by atoms with Gasteiger partial charge in [-0.3, -0.25) is 9.59 Å². The third kappa shape index (κ3) is 5.66. The first-order valence-electron chi connectivity index (χ1n) is 10.9. The third-order valence-corrected chi connectivity index (χ3v) is 7.24. The van der Waals surface area contributed by atoms with E-state index < -0.39 is 28.0 Å². The van der Waals surface area contributed by atoms with Crippen molar-refractivity contribution >= 4 is 21.8 Å². The van der Waals surface area contributed by atoms with Crippen LogP contribution in [0.4, 0.5) is 0 Å². The molecule has 0 saturated heterocycles. The van der Waals surface area contributed by atoms with E-state index in [9.17, 15) is 18.0 Å². The highest BCUT2D eigenvalue weighted by Crippen LogP contribution is 2.38. The SMILES string of the molecule is CCOC(=O)[C@H](c1ccc(OC)c(OC)c1)[C@H]1C=C[C@@H](NS(=O)(=O)c2ccc(C(C)=O)cc2)C1. The van der Waals surface area contributed by atoms with Gasteiger partial charge in [-0.2, -0.15) is 0 Å². The summed E-state index contributed by atoms with van der Waals surface area (Å²) >= 11 is 0. The highest BCUT2D eigenvalue weighted by Gasteiger charge is 2.35. The van der Waals surface area contributed by atoms with Crippen LogP contribution in [0.15, 0.2) is 59.5 Å². The van der Waals surface area contributed by atoms with E-state index in [2.05, 4.69) is 4.72 Å². The fourth-order valence-electron chi connectivity index (χ4n) is 4.03. The van der Waals surface area contributed by atoms with E-state index in [4.69, 9.17) is 14.2 Å². The van der Waals surface area contributed by atoms with Crippen LogP contribution in [-0.2, 0) is 19.6 Å². The number of allylic oxidation sites excluding steroid dienone is 1. The zero-order chi connectivity index (χ0) is 24.9. The summed E-state index contributed by atoms with van der Waals surface area (Å²) in [5.41, 5.74) is 1.13. The minimum absolute atomic E-state index is 0.0659. The number of ketones is 1. The van der Waals surface area contributed by atoms with E-state index >= 15 is 0 Å². The summed E-state index contributed by atoms with van der Waals surface area (Å²) in [5.74, 6) is -0.434. The first-order chi connectivity index (χ1) is 16.2. The molecule has 0 bridgehead atoms. The Kier molecular flexibility index (Phi) is 8.11. The number of hydrogen-bond acceptors (Lipinski definition) is 7. The van der Waals surface area contributed by atoms with Gasteiger partial charge in [0.1, 0.15) is 0 Å². The Labute approximate surface area is 200 Å². The van der Waals surface area contributed by atoms with Gasteiger partial charge in [0.25, 0.3) is 0 Å². The zero-order valence-corrected chi connectivity index (χ0v) is 20.4. The molecule has 0 aromatic heterocycles.